The Morgan fingerprint density at radius 2 is 1.86 bits per heavy atom. The van der Waals surface area contributed by atoms with Crippen LogP contribution in [0.2, 0.25) is 0 Å². The molecule has 0 aromatic heterocycles. The number of benzene rings is 1. The van der Waals surface area contributed by atoms with Crippen LogP contribution in [0.1, 0.15) is 0 Å². The molecule has 0 spiro atoms. The van der Waals surface area contributed by atoms with Gasteiger partial charge in [-0.1, -0.05) is 15.9 Å². The smallest absolute Gasteiger partial charge is 0.248 e. The van der Waals surface area contributed by atoms with E-state index in [-0.39, 0.29) is 30.5 Å². The third-order valence-corrected chi connectivity index (χ3v) is 6.76. The number of rotatable bonds is 4. The number of amides is 1. The van der Waals surface area contributed by atoms with Gasteiger partial charge in [-0.3, -0.25) is 4.79 Å². The molecule has 0 atom stereocenters. The van der Waals surface area contributed by atoms with Crippen LogP contribution in [0.15, 0.2) is 32.0 Å². The zero-order valence-electron chi connectivity index (χ0n) is 12.0. The molecule has 1 aliphatic heterocycles. The van der Waals surface area contributed by atoms with Crippen molar-refractivity contribution in [1.29, 1.82) is 0 Å². The van der Waals surface area contributed by atoms with Crippen LogP contribution < -0.4 is 0 Å². The molecule has 6 nitrogen and oxygen atoms in total. The minimum absolute atomic E-state index is 0.0178. The number of hydrogen-bond donors (Lipinski definition) is 0. The lowest BCUT2D eigenvalue weighted by Crippen LogP contribution is -2.51. The van der Waals surface area contributed by atoms with Crippen LogP contribution >= 0.6 is 31.9 Å². The Hall–Kier alpha value is -0.480. The molecule has 1 aromatic carbocycles. The van der Waals surface area contributed by atoms with Gasteiger partial charge in [0.1, 0.15) is 6.61 Å². The average Bonchev–Trinajstić information content (AvgIpc) is 2.50. The van der Waals surface area contributed by atoms with Gasteiger partial charge in [0.05, 0.1) is 4.90 Å². The van der Waals surface area contributed by atoms with Gasteiger partial charge in [0.15, 0.2) is 0 Å². The number of piperazine rings is 1. The summed E-state index contributed by atoms with van der Waals surface area (Å²) in [7, 11) is -2.13. The number of methoxy groups -OCH3 is 1. The summed E-state index contributed by atoms with van der Waals surface area (Å²) in [6, 6.07) is 5.03. The van der Waals surface area contributed by atoms with Gasteiger partial charge in [-0.15, -0.1) is 0 Å². The molecule has 1 heterocycles. The zero-order chi connectivity index (χ0) is 16.3. The normalized spacial score (nSPS) is 16.8. The molecule has 0 saturated carbocycles. The second-order valence-corrected chi connectivity index (χ2v) is 8.47. The molecular weight excluding hydrogens is 440 g/mol. The Morgan fingerprint density at radius 3 is 2.45 bits per heavy atom. The molecule has 122 valence electrons. The minimum atomic E-state index is -3.59. The summed E-state index contributed by atoms with van der Waals surface area (Å²) >= 11 is 6.57. The Labute approximate surface area is 146 Å². The number of sulfonamides is 1. The van der Waals surface area contributed by atoms with Crippen molar-refractivity contribution in [3.8, 4) is 0 Å². The highest BCUT2D eigenvalue weighted by atomic mass is 79.9. The van der Waals surface area contributed by atoms with E-state index in [1.54, 1.807) is 23.1 Å². The highest BCUT2D eigenvalue weighted by Gasteiger charge is 2.31. The van der Waals surface area contributed by atoms with E-state index in [9.17, 15) is 13.2 Å². The summed E-state index contributed by atoms with van der Waals surface area (Å²) in [6.07, 6.45) is 0. The predicted octanol–water partition coefficient (Wildman–Crippen LogP) is 1.69. The van der Waals surface area contributed by atoms with E-state index >= 15 is 0 Å². The van der Waals surface area contributed by atoms with Gasteiger partial charge in [0.25, 0.3) is 0 Å². The summed E-state index contributed by atoms with van der Waals surface area (Å²) in [5.74, 6) is -0.122. The van der Waals surface area contributed by atoms with Crippen molar-refractivity contribution in [3.63, 3.8) is 0 Å². The van der Waals surface area contributed by atoms with E-state index in [0.717, 1.165) is 0 Å². The summed E-state index contributed by atoms with van der Waals surface area (Å²) < 4.78 is 32.9. The lowest BCUT2D eigenvalue weighted by molar-refractivity contribution is -0.136. The maximum absolute atomic E-state index is 12.7. The van der Waals surface area contributed by atoms with E-state index in [1.165, 1.54) is 11.4 Å². The van der Waals surface area contributed by atoms with Gasteiger partial charge in [-0.2, -0.15) is 4.31 Å². The molecule has 0 aliphatic carbocycles. The molecule has 1 fully saturated rings. The maximum Gasteiger partial charge on any atom is 0.248 e. The van der Waals surface area contributed by atoms with Gasteiger partial charge in [0, 0.05) is 42.2 Å². The summed E-state index contributed by atoms with van der Waals surface area (Å²) in [4.78, 5) is 13.6. The van der Waals surface area contributed by atoms with Crippen LogP contribution in [-0.2, 0) is 19.6 Å². The van der Waals surface area contributed by atoms with Crippen molar-refractivity contribution in [2.75, 3.05) is 39.9 Å². The first-order valence-corrected chi connectivity index (χ1v) is 9.61. The second kappa shape index (κ2) is 7.39. The topological polar surface area (TPSA) is 66.9 Å². The highest BCUT2D eigenvalue weighted by Crippen LogP contribution is 2.28. The van der Waals surface area contributed by atoms with E-state index in [4.69, 9.17) is 4.74 Å². The van der Waals surface area contributed by atoms with Gasteiger partial charge in [0.2, 0.25) is 15.9 Å². The Morgan fingerprint density at radius 1 is 1.23 bits per heavy atom. The van der Waals surface area contributed by atoms with Crippen molar-refractivity contribution >= 4 is 47.8 Å². The molecule has 1 amide bonds. The maximum atomic E-state index is 12.7. The third kappa shape index (κ3) is 3.88. The lowest BCUT2D eigenvalue weighted by Gasteiger charge is -2.34. The Balaban J connectivity index is 2.13. The highest BCUT2D eigenvalue weighted by molar-refractivity contribution is 9.11. The molecule has 22 heavy (non-hydrogen) atoms. The molecule has 0 radical (unpaired) electrons. The largest absolute Gasteiger partial charge is 0.375 e. The summed E-state index contributed by atoms with van der Waals surface area (Å²) in [5.41, 5.74) is 0. The van der Waals surface area contributed by atoms with Gasteiger partial charge in [-0.25, -0.2) is 8.42 Å². The zero-order valence-corrected chi connectivity index (χ0v) is 15.9. The molecule has 0 bridgehead atoms. The fourth-order valence-corrected chi connectivity index (χ4v) is 5.09. The fraction of sp³-hybridized carbons (Fsp3) is 0.462. The van der Waals surface area contributed by atoms with Crippen LogP contribution in [0.25, 0.3) is 0 Å². The van der Waals surface area contributed by atoms with Gasteiger partial charge in [-0.05, 0) is 34.1 Å². The molecular formula is C13H16Br2N2O4S. The van der Waals surface area contributed by atoms with Crippen molar-refractivity contribution in [3.05, 3.63) is 27.1 Å². The molecule has 1 aromatic rings. The number of carbonyl (C=O) groups excluding carboxylic acids is 1. The Kier molecular flexibility index (Phi) is 6.00. The first-order valence-electron chi connectivity index (χ1n) is 6.58. The van der Waals surface area contributed by atoms with Crippen molar-refractivity contribution in [1.82, 2.24) is 9.21 Å². The second-order valence-electron chi connectivity index (χ2n) is 4.79. The Bertz CT molecular complexity index is 658. The van der Waals surface area contributed by atoms with Crippen LogP contribution in [0.3, 0.4) is 0 Å². The molecule has 9 heteroatoms. The van der Waals surface area contributed by atoms with E-state index in [0.29, 0.717) is 22.0 Å². The number of ether oxygens (including phenoxy) is 1. The monoisotopic (exact) mass is 454 g/mol. The van der Waals surface area contributed by atoms with E-state index in [1.807, 2.05) is 0 Å². The number of carbonyl (C=O) groups is 1. The van der Waals surface area contributed by atoms with Crippen LogP contribution in [0.4, 0.5) is 0 Å². The quantitative estimate of drug-likeness (QED) is 0.692. The molecule has 0 unspecified atom stereocenters. The average molecular weight is 456 g/mol. The molecule has 1 aliphatic rings. The molecule has 1 saturated heterocycles. The first-order chi connectivity index (χ1) is 10.4. The van der Waals surface area contributed by atoms with Crippen molar-refractivity contribution in [2.24, 2.45) is 0 Å². The minimum Gasteiger partial charge on any atom is -0.375 e. The lowest BCUT2D eigenvalue weighted by atomic mass is 10.3. The van der Waals surface area contributed by atoms with Crippen molar-refractivity contribution in [2.45, 2.75) is 4.90 Å². The predicted molar refractivity (Wildman–Crippen MR) is 89.1 cm³/mol. The SMILES string of the molecule is COCC(=O)N1CCN(S(=O)(=O)c2cc(Br)ccc2Br)CC1. The summed E-state index contributed by atoms with van der Waals surface area (Å²) in [6.45, 7) is 1.30. The van der Waals surface area contributed by atoms with Crippen LogP contribution in [0, 0.1) is 0 Å². The van der Waals surface area contributed by atoms with E-state index < -0.39 is 10.0 Å². The van der Waals surface area contributed by atoms with Crippen LogP contribution in [0.5, 0.6) is 0 Å². The third-order valence-electron chi connectivity index (χ3n) is 3.37. The van der Waals surface area contributed by atoms with Crippen molar-refractivity contribution < 1.29 is 17.9 Å². The molecule has 0 N–H and O–H groups in total. The van der Waals surface area contributed by atoms with E-state index in [2.05, 4.69) is 31.9 Å². The van der Waals surface area contributed by atoms with Gasteiger partial charge < -0.3 is 9.64 Å². The standard InChI is InChI=1S/C13H16Br2N2O4S/c1-21-9-13(18)16-4-6-17(7-5-16)22(19,20)12-8-10(14)2-3-11(12)15/h2-3,8H,4-7,9H2,1H3. The number of halogens is 2. The number of hydrogen-bond acceptors (Lipinski definition) is 4. The first kappa shape index (κ1) is 17.9. The summed E-state index contributed by atoms with van der Waals surface area (Å²) in [5, 5.41) is 0. The van der Waals surface area contributed by atoms with Crippen LogP contribution in [-0.4, -0.2) is 63.4 Å². The fourth-order valence-electron chi connectivity index (χ4n) is 2.21. The van der Waals surface area contributed by atoms with Gasteiger partial charge >= 0.3 is 0 Å². The molecule has 2 rings (SSSR count). The number of nitrogens with zero attached hydrogens (tertiary/aromatic N) is 2.